The van der Waals surface area contributed by atoms with Gasteiger partial charge < -0.3 is 9.47 Å². The summed E-state index contributed by atoms with van der Waals surface area (Å²) in [4.78, 5) is 23.7. The quantitative estimate of drug-likeness (QED) is 0.364. The van der Waals surface area contributed by atoms with E-state index < -0.39 is 35.2 Å². The SMILES string of the molecule is CC(Cc1cc(F)c(F)cc1F)=C1C(=O)OC(C)(C)OC1=O. The molecule has 0 radical (unpaired) electrons. The predicted octanol–water partition coefficient (Wildman–Crippen LogP) is 2.80. The zero-order valence-electron chi connectivity index (χ0n) is 12.1. The molecule has 1 heterocycles. The van der Waals surface area contributed by atoms with Crippen molar-refractivity contribution in [2.75, 3.05) is 0 Å². The van der Waals surface area contributed by atoms with Crippen LogP contribution in [0.5, 0.6) is 0 Å². The molecule has 118 valence electrons. The molecule has 1 aromatic carbocycles. The summed E-state index contributed by atoms with van der Waals surface area (Å²) in [5, 5.41) is 0. The van der Waals surface area contributed by atoms with Crippen LogP contribution in [0.2, 0.25) is 0 Å². The summed E-state index contributed by atoms with van der Waals surface area (Å²) in [7, 11) is 0. The molecule has 0 N–H and O–H groups in total. The van der Waals surface area contributed by atoms with Crippen LogP contribution < -0.4 is 0 Å². The first kappa shape index (κ1) is 16.1. The molecule has 0 amide bonds. The first-order valence-corrected chi connectivity index (χ1v) is 6.40. The molecule has 4 nitrogen and oxygen atoms in total. The summed E-state index contributed by atoms with van der Waals surface area (Å²) < 4.78 is 49.5. The van der Waals surface area contributed by atoms with Crippen LogP contribution in [0.3, 0.4) is 0 Å². The summed E-state index contributed by atoms with van der Waals surface area (Å²) in [6.07, 6.45) is -0.261. The third kappa shape index (κ3) is 3.13. The fraction of sp³-hybridized carbons (Fsp3) is 0.333. The van der Waals surface area contributed by atoms with E-state index in [0.717, 1.165) is 0 Å². The number of allylic oxidation sites excluding steroid dienone is 1. The maximum atomic E-state index is 13.6. The van der Waals surface area contributed by atoms with Crippen molar-refractivity contribution in [1.82, 2.24) is 0 Å². The van der Waals surface area contributed by atoms with Gasteiger partial charge in [0.05, 0.1) is 0 Å². The van der Waals surface area contributed by atoms with Gasteiger partial charge in [-0.25, -0.2) is 22.8 Å². The Labute approximate surface area is 124 Å². The standard InChI is InChI=1S/C15H13F3O4/c1-7(4-8-5-10(17)11(18)6-9(8)16)12-13(19)21-15(2,3)22-14(12)20/h5-6H,4H2,1-3H3. The minimum absolute atomic E-state index is 0.135. The first-order valence-electron chi connectivity index (χ1n) is 6.40. The van der Waals surface area contributed by atoms with Crippen LogP contribution in [-0.4, -0.2) is 17.7 Å². The van der Waals surface area contributed by atoms with E-state index in [1.807, 2.05) is 0 Å². The normalized spacial score (nSPS) is 17.1. The average Bonchev–Trinajstić information content (AvgIpc) is 2.33. The molecule has 0 bridgehead atoms. The number of carbonyl (C=O) groups is 2. The van der Waals surface area contributed by atoms with Crippen molar-refractivity contribution in [3.8, 4) is 0 Å². The minimum Gasteiger partial charge on any atom is -0.419 e. The van der Waals surface area contributed by atoms with Gasteiger partial charge in [-0.2, -0.15) is 0 Å². The van der Waals surface area contributed by atoms with Crippen LogP contribution in [0.1, 0.15) is 26.3 Å². The fourth-order valence-corrected chi connectivity index (χ4v) is 2.07. The van der Waals surface area contributed by atoms with Gasteiger partial charge in [0.25, 0.3) is 5.79 Å². The van der Waals surface area contributed by atoms with Gasteiger partial charge in [-0.1, -0.05) is 0 Å². The Morgan fingerprint density at radius 1 is 1.00 bits per heavy atom. The average molecular weight is 314 g/mol. The van der Waals surface area contributed by atoms with E-state index in [9.17, 15) is 22.8 Å². The van der Waals surface area contributed by atoms with E-state index in [2.05, 4.69) is 0 Å². The maximum absolute atomic E-state index is 13.6. The Balaban J connectivity index is 2.35. The van der Waals surface area contributed by atoms with Crippen molar-refractivity contribution in [3.63, 3.8) is 0 Å². The number of halogens is 3. The molecule has 1 aliphatic rings. The van der Waals surface area contributed by atoms with Crippen molar-refractivity contribution >= 4 is 11.9 Å². The van der Waals surface area contributed by atoms with Crippen LogP contribution in [-0.2, 0) is 25.5 Å². The van der Waals surface area contributed by atoms with Gasteiger partial charge in [0.2, 0.25) is 0 Å². The minimum atomic E-state index is -1.38. The van der Waals surface area contributed by atoms with Gasteiger partial charge >= 0.3 is 11.9 Å². The summed E-state index contributed by atoms with van der Waals surface area (Å²) >= 11 is 0. The van der Waals surface area contributed by atoms with E-state index in [4.69, 9.17) is 9.47 Å². The molecular weight excluding hydrogens is 301 g/mol. The molecular formula is C15H13F3O4. The van der Waals surface area contributed by atoms with E-state index >= 15 is 0 Å². The van der Waals surface area contributed by atoms with Crippen molar-refractivity contribution < 1.29 is 32.2 Å². The topological polar surface area (TPSA) is 52.6 Å². The van der Waals surface area contributed by atoms with Gasteiger partial charge in [0.15, 0.2) is 11.6 Å². The highest BCUT2D eigenvalue weighted by molar-refractivity contribution is 6.16. The van der Waals surface area contributed by atoms with Crippen LogP contribution >= 0.6 is 0 Å². The molecule has 1 saturated heterocycles. The van der Waals surface area contributed by atoms with E-state index in [1.54, 1.807) is 0 Å². The van der Waals surface area contributed by atoms with E-state index in [0.29, 0.717) is 12.1 Å². The Morgan fingerprint density at radius 3 is 2.05 bits per heavy atom. The van der Waals surface area contributed by atoms with Gasteiger partial charge in [-0.05, 0) is 30.5 Å². The number of hydrogen-bond donors (Lipinski definition) is 0. The van der Waals surface area contributed by atoms with Crippen molar-refractivity contribution in [1.29, 1.82) is 0 Å². The summed E-state index contributed by atoms with van der Waals surface area (Å²) in [6, 6.07) is 1.08. The summed E-state index contributed by atoms with van der Waals surface area (Å²) in [6.45, 7) is 4.17. The molecule has 1 aliphatic heterocycles. The van der Waals surface area contributed by atoms with E-state index in [-0.39, 0.29) is 23.1 Å². The van der Waals surface area contributed by atoms with Gasteiger partial charge in [0, 0.05) is 19.9 Å². The molecule has 2 rings (SSSR count). The number of hydrogen-bond acceptors (Lipinski definition) is 4. The van der Waals surface area contributed by atoms with Crippen LogP contribution in [0.15, 0.2) is 23.3 Å². The number of ether oxygens (including phenoxy) is 2. The number of carbonyl (C=O) groups excluding carboxylic acids is 2. The molecule has 0 saturated carbocycles. The molecule has 1 fully saturated rings. The molecule has 0 aromatic heterocycles. The highest BCUT2D eigenvalue weighted by Crippen LogP contribution is 2.26. The summed E-state index contributed by atoms with van der Waals surface area (Å²) in [5.41, 5.74) is -0.423. The number of esters is 2. The Hall–Kier alpha value is -2.31. The van der Waals surface area contributed by atoms with Crippen molar-refractivity contribution in [3.05, 3.63) is 46.3 Å². The first-order chi connectivity index (χ1) is 10.1. The molecule has 1 aromatic rings. The molecule has 0 spiro atoms. The largest absolute Gasteiger partial charge is 0.419 e. The fourth-order valence-electron chi connectivity index (χ4n) is 2.07. The monoisotopic (exact) mass is 314 g/mol. The van der Waals surface area contributed by atoms with Crippen LogP contribution in [0.4, 0.5) is 13.2 Å². The predicted molar refractivity (Wildman–Crippen MR) is 69.0 cm³/mol. The Bertz CT molecular complexity index is 670. The third-order valence-corrected chi connectivity index (χ3v) is 3.06. The third-order valence-electron chi connectivity index (χ3n) is 3.06. The lowest BCUT2D eigenvalue weighted by Crippen LogP contribution is -2.42. The van der Waals surface area contributed by atoms with Crippen molar-refractivity contribution in [2.45, 2.75) is 33.0 Å². The highest BCUT2D eigenvalue weighted by atomic mass is 19.2. The second-order valence-electron chi connectivity index (χ2n) is 5.37. The van der Waals surface area contributed by atoms with Gasteiger partial charge in [-0.15, -0.1) is 0 Å². The zero-order valence-corrected chi connectivity index (χ0v) is 12.1. The number of cyclic esters (lactones) is 2. The lowest BCUT2D eigenvalue weighted by Gasteiger charge is -2.30. The Morgan fingerprint density at radius 2 is 1.50 bits per heavy atom. The summed E-state index contributed by atoms with van der Waals surface area (Å²) in [5.74, 6) is -6.69. The van der Waals surface area contributed by atoms with Crippen molar-refractivity contribution in [2.24, 2.45) is 0 Å². The second-order valence-corrected chi connectivity index (χ2v) is 5.37. The van der Waals surface area contributed by atoms with E-state index in [1.165, 1.54) is 20.8 Å². The molecule has 0 aliphatic carbocycles. The van der Waals surface area contributed by atoms with Crippen LogP contribution in [0.25, 0.3) is 0 Å². The lowest BCUT2D eigenvalue weighted by molar-refractivity contribution is -0.222. The number of benzene rings is 1. The lowest BCUT2D eigenvalue weighted by atomic mass is 10.00. The molecule has 22 heavy (non-hydrogen) atoms. The molecule has 7 heteroatoms. The zero-order chi connectivity index (χ0) is 16.7. The second kappa shape index (κ2) is 5.47. The van der Waals surface area contributed by atoms with Gasteiger partial charge in [0.1, 0.15) is 11.4 Å². The van der Waals surface area contributed by atoms with Gasteiger partial charge in [-0.3, -0.25) is 0 Å². The smallest absolute Gasteiger partial charge is 0.348 e. The number of rotatable bonds is 2. The van der Waals surface area contributed by atoms with Crippen LogP contribution in [0, 0.1) is 17.5 Å². The molecule has 0 unspecified atom stereocenters. The maximum Gasteiger partial charge on any atom is 0.348 e. The Kier molecular flexibility index (Phi) is 4.00. The highest BCUT2D eigenvalue weighted by Gasteiger charge is 2.40. The molecule has 0 atom stereocenters.